The molecular weight excluding hydrogens is 376 g/mol. The van der Waals surface area contributed by atoms with Gasteiger partial charge in [0, 0.05) is 18.6 Å². The second kappa shape index (κ2) is 8.33. The highest BCUT2D eigenvalue weighted by Gasteiger charge is 2.50. The maximum atomic E-state index is 13.1. The number of hydrogen-bond donors (Lipinski definition) is 0. The molecule has 3 nitrogen and oxygen atoms in total. The van der Waals surface area contributed by atoms with E-state index < -0.39 is 11.0 Å². The van der Waals surface area contributed by atoms with Gasteiger partial charge in [0.15, 0.2) is 0 Å². The van der Waals surface area contributed by atoms with Crippen LogP contribution in [-0.2, 0) is 11.0 Å². The van der Waals surface area contributed by atoms with Gasteiger partial charge in [0.05, 0.1) is 10.8 Å². The quantitative estimate of drug-likeness (QED) is 0.694. The summed E-state index contributed by atoms with van der Waals surface area (Å²) >= 11 is 0. The van der Waals surface area contributed by atoms with Crippen molar-refractivity contribution in [3.8, 4) is 0 Å². The normalized spacial score (nSPS) is 25.0. The third-order valence-corrected chi connectivity index (χ3v) is 8.60. The highest BCUT2D eigenvalue weighted by Crippen LogP contribution is 2.44. The van der Waals surface area contributed by atoms with E-state index in [1.165, 1.54) is 17.5 Å². The van der Waals surface area contributed by atoms with Crippen molar-refractivity contribution in [2.24, 2.45) is 0 Å². The Morgan fingerprint density at radius 1 is 0.828 bits per heavy atom. The van der Waals surface area contributed by atoms with Crippen LogP contribution in [0.3, 0.4) is 0 Å². The Morgan fingerprint density at radius 2 is 1.38 bits per heavy atom. The average molecular weight is 411 g/mol. The Bertz CT molecular complexity index is 793. The van der Waals surface area contributed by atoms with Crippen LogP contribution in [0.15, 0.2) is 60.7 Å². The van der Waals surface area contributed by atoms with Gasteiger partial charge in [0.2, 0.25) is 0 Å². The summed E-state index contributed by atoms with van der Waals surface area (Å²) in [6.07, 6.45) is 4.60. The summed E-state index contributed by atoms with van der Waals surface area (Å²) in [5.41, 5.74) is 2.85. The molecule has 2 aromatic rings. The fourth-order valence-electron chi connectivity index (χ4n) is 4.95. The van der Waals surface area contributed by atoms with Crippen LogP contribution in [0.5, 0.6) is 0 Å². The Hall–Kier alpha value is -1.49. The van der Waals surface area contributed by atoms with Gasteiger partial charge in [-0.15, -0.1) is 0 Å². The van der Waals surface area contributed by atoms with Crippen LogP contribution in [0.25, 0.3) is 0 Å². The van der Waals surface area contributed by atoms with E-state index in [0.717, 1.165) is 38.9 Å². The minimum atomic E-state index is -0.919. The van der Waals surface area contributed by atoms with Crippen LogP contribution < -0.4 is 0 Å². The molecule has 2 aliphatic rings. The second-order valence-electron chi connectivity index (χ2n) is 9.55. The molecule has 0 aromatic heterocycles. The lowest BCUT2D eigenvalue weighted by Crippen LogP contribution is -2.62. The monoisotopic (exact) mass is 410 g/mol. The van der Waals surface area contributed by atoms with Gasteiger partial charge in [0.25, 0.3) is 0 Å². The molecule has 0 saturated carbocycles. The van der Waals surface area contributed by atoms with E-state index in [0.29, 0.717) is 0 Å². The third kappa shape index (κ3) is 4.21. The maximum absolute atomic E-state index is 13.1. The molecule has 1 spiro atoms. The number of benzene rings is 2. The Labute approximate surface area is 178 Å². The molecule has 2 fully saturated rings. The topological polar surface area (TPSA) is 23.6 Å². The Balaban J connectivity index is 1.57. The van der Waals surface area contributed by atoms with Crippen molar-refractivity contribution < 1.29 is 4.21 Å². The fourth-order valence-corrected chi connectivity index (χ4v) is 6.49. The summed E-state index contributed by atoms with van der Waals surface area (Å²) in [4.78, 5) is 2.65. The van der Waals surface area contributed by atoms with E-state index in [1.54, 1.807) is 0 Å². The predicted octanol–water partition coefficient (Wildman–Crippen LogP) is 5.17. The molecule has 0 bridgehead atoms. The van der Waals surface area contributed by atoms with Crippen LogP contribution in [0.1, 0.15) is 63.6 Å². The van der Waals surface area contributed by atoms with Crippen LogP contribution in [-0.4, -0.2) is 43.3 Å². The number of rotatable bonds is 4. The van der Waals surface area contributed by atoms with Crippen LogP contribution in [0.4, 0.5) is 0 Å². The van der Waals surface area contributed by atoms with Crippen molar-refractivity contribution in [3.05, 3.63) is 71.8 Å². The third-order valence-electron chi connectivity index (χ3n) is 6.58. The average Bonchev–Trinajstić information content (AvgIpc) is 2.93. The van der Waals surface area contributed by atoms with Crippen LogP contribution >= 0.6 is 0 Å². The summed E-state index contributed by atoms with van der Waals surface area (Å²) in [5.74, 6) is 0. The number of likely N-dealkylation sites (tertiary alicyclic amines) is 1. The zero-order valence-electron chi connectivity index (χ0n) is 18.0. The van der Waals surface area contributed by atoms with Gasteiger partial charge in [-0.2, -0.15) is 0 Å². The standard InChI is InChI=1S/C25H34N2OS/c1-24(2,3)29(28)27-20-17-25(27)15-10-18-26(19-16-25)23(21-11-6-4-7-12-21)22-13-8-5-9-14-22/h4-9,11-14,23H,10,15-20H2,1-3H3. The first kappa shape index (κ1) is 20.8. The lowest BCUT2D eigenvalue weighted by atomic mass is 9.81. The Morgan fingerprint density at radius 3 is 1.86 bits per heavy atom. The molecule has 2 heterocycles. The molecule has 156 valence electrons. The van der Waals surface area contributed by atoms with E-state index in [9.17, 15) is 4.21 Å². The molecule has 2 atom stereocenters. The van der Waals surface area contributed by atoms with E-state index >= 15 is 0 Å². The van der Waals surface area contributed by atoms with Gasteiger partial charge in [-0.3, -0.25) is 4.90 Å². The van der Waals surface area contributed by atoms with Gasteiger partial charge in [-0.05, 0) is 64.1 Å². The molecule has 0 radical (unpaired) electrons. The Kier molecular flexibility index (Phi) is 5.97. The predicted molar refractivity (Wildman–Crippen MR) is 122 cm³/mol. The number of hydrogen-bond acceptors (Lipinski definition) is 2. The second-order valence-corrected chi connectivity index (χ2v) is 11.7. The van der Waals surface area contributed by atoms with E-state index in [4.69, 9.17) is 0 Å². The first-order valence-electron chi connectivity index (χ1n) is 10.9. The SMILES string of the molecule is CC(C)(C)S(=O)N1CCC12CCCN(C(c1ccccc1)c1ccccc1)CC2. The summed E-state index contributed by atoms with van der Waals surface area (Å²) in [6.45, 7) is 9.40. The van der Waals surface area contributed by atoms with Crippen molar-refractivity contribution >= 4 is 11.0 Å². The molecule has 0 aliphatic carbocycles. The van der Waals surface area contributed by atoms with Crippen molar-refractivity contribution in [3.63, 3.8) is 0 Å². The minimum Gasteiger partial charge on any atom is -0.292 e. The maximum Gasteiger partial charge on any atom is 0.100 e. The number of nitrogens with zero attached hydrogens (tertiary/aromatic N) is 2. The molecule has 4 rings (SSSR count). The fraction of sp³-hybridized carbons (Fsp3) is 0.520. The summed E-state index contributed by atoms with van der Waals surface area (Å²) in [5, 5.41) is 0. The zero-order valence-corrected chi connectivity index (χ0v) is 18.8. The lowest BCUT2D eigenvalue weighted by Gasteiger charge is -2.53. The molecule has 29 heavy (non-hydrogen) atoms. The van der Waals surface area contributed by atoms with Crippen LogP contribution in [0, 0.1) is 0 Å². The largest absolute Gasteiger partial charge is 0.292 e. The zero-order chi connectivity index (χ0) is 20.5. The molecule has 2 saturated heterocycles. The molecule has 0 N–H and O–H groups in total. The van der Waals surface area contributed by atoms with Crippen molar-refractivity contribution in [1.29, 1.82) is 0 Å². The lowest BCUT2D eigenvalue weighted by molar-refractivity contribution is 0.0579. The molecule has 2 unspecified atom stereocenters. The summed E-state index contributed by atoms with van der Waals surface area (Å²) < 4.78 is 15.2. The van der Waals surface area contributed by atoms with Gasteiger partial charge in [-0.1, -0.05) is 60.7 Å². The van der Waals surface area contributed by atoms with Gasteiger partial charge in [0.1, 0.15) is 11.0 Å². The van der Waals surface area contributed by atoms with Crippen LogP contribution in [0.2, 0.25) is 0 Å². The molecular formula is C25H34N2OS. The van der Waals surface area contributed by atoms with Gasteiger partial charge in [-0.25, -0.2) is 8.51 Å². The first-order chi connectivity index (χ1) is 13.9. The van der Waals surface area contributed by atoms with E-state index in [2.05, 4.69) is 90.6 Å². The van der Waals surface area contributed by atoms with Crippen molar-refractivity contribution in [1.82, 2.24) is 9.21 Å². The van der Waals surface area contributed by atoms with Gasteiger partial charge < -0.3 is 0 Å². The van der Waals surface area contributed by atoms with E-state index in [1.807, 2.05) is 0 Å². The molecule has 0 amide bonds. The smallest absolute Gasteiger partial charge is 0.100 e. The van der Waals surface area contributed by atoms with E-state index in [-0.39, 0.29) is 16.3 Å². The van der Waals surface area contributed by atoms with Crippen molar-refractivity contribution in [2.45, 2.75) is 62.8 Å². The van der Waals surface area contributed by atoms with Crippen molar-refractivity contribution in [2.75, 3.05) is 19.6 Å². The molecule has 2 aliphatic heterocycles. The summed E-state index contributed by atoms with van der Waals surface area (Å²) in [6, 6.07) is 22.1. The minimum absolute atomic E-state index is 0.130. The van der Waals surface area contributed by atoms with Gasteiger partial charge >= 0.3 is 0 Å². The highest BCUT2D eigenvalue weighted by molar-refractivity contribution is 7.84. The molecule has 2 aromatic carbocycles. The first-order valence-corrected chi connectivity index (χ1v) is 12.0. The highest BCUT2D eigenvalue weighted by atomic mass is 32.2. The molecule has 4 heteroatoms. The summed E-state index contributed by atoms with van der Waals surface area (Å²) in [7, 11) is -0.919.